The summed E-state index contributed by atoms with van der Waals surface area (Å²) in [7, 11) is 0. The third-order valence-corrected chi connectivity index (χ3v) is 2.66. The molecule has 0 aliphatic carbocycles. The third kappa shape index (κ3) is 5.43. The molecule has 2 heteroatoms. The molecule has 0 saturated carbocycles. The van der Waals surface area contributed by atoms with E-state index < -0.39 is 0 Å². The number of ether oxygens (including phenoxy) is 1. The molecule has 0 spiro atoms. The summed E-state index contributed by atoms with van der Waals surface area (Å²) in [6, 6.07) is 8.14. The van der Waals surface area contributed by atoms with Gasteiger partial charge in [0.15, 0.2) is 0 Å². The van der Waals surface area contributed by atoms with Gasteiger partial charge in [-0.1, -0.05) is 19.1 Å². The highest BCUT2D eigenvalue weighted by atomic mass is 16.5. The molecule has 1 N–H and O–H groups in total. The van der Waals surface area contributed by atoms with Crippen LogP contribution < -0.4 is 10.1 Å². The van der Waals surface area contributed by atoms with Gasteiger partial charge in [-0.3, -0.25) is 0 Å². The Bertz CT molecular complexity index is 335. The van der Waals surface area contributed by atoms with E-state index in [9.17, 15) is 0 Å². The molecule has 94 valence electrons. The molecular formula is C15H23NO. The van der Waals surface area contributed by atoms with E-state index in [2.05, 4.69) is 37.9 Å². The van der Waals surface area contributed by atoms with Crippen molar-refractivity contribution in [2.75, 3.05) is 11.9 Å². The normalized spacial score (nSPS) is 11.9. The van der Waals surface area contributed by atoms with Crippen LogP contribution in [-0.2, 0) is 0 Å². The zero-order valence-electron chi connectivity index (χ0n) is 10.9. The van der Waals surface area contributed by atoms with E-state index in [0.717, 1.165) is 37.2 Å². The van der Waals surface area contributed by atoms with Crippen LogP contribution in [-0.4, -0.2) is 12.6 Å². The fourth-order valence-corrected chi connectivity index (χ4v) is 1.47. The van der Waals surface area contributed by atoms with E-state index in [1.807, 2.05) is 18.2 Å². The summed E-state index contributed by atoms with van der Waals surface area (Å²) in [5, 5.41) is 3.38. The van der Waals surface area contributed by atoms with Crippen molar-refractivity contribution in [3.63, 3.8) is 0 Å². The molecule has 0 fully saturated rings. The summed E-state index contributed by atoms with van der Waals surface area (Å²) in [6.45, 7) is 8.90. The van der Waals surface area contributed by atoms with Gasteiger partial charge >= 0.3 is 0 Å². The Morgan fingerprint density at radius 3 is 3.00 bits per heavy atom. The molecular weight excluding hydrogens is 210 g/mol. The van der Waals surface area contributed by atoms with Crippen molar-refractivity contribution in [3.05, 3.63) is 36.9 Å². The van der Waals surface area contributed by atoms with Gasteiger partial charge in [-0.05, 0) is 38.3 Å². The molecule has 0 aliphatic heterocycles. The van der Waals surface area contributed by atoms with E-state index in [1.165, 1.54) is 0 Å². The van der Waals surface area contributed by atoms with Crippen molar-refractivity contribution in [1.82, 2.24) is 0 Å². The molecule has 1 unspecified atom stereocenters. The number of benzene rings is 1. The molecule has 1 aromatic carbocycles. The van der Waals surface area contributed by atoms with Crippen LogP contribution in [0, 0.1) is 0 Å². The van der Waals surface area contributed by atoms with Crippen molar-refractivity contribution in [2.24, 2.45) is 0 Å². The fraction of sp³-hybridized carbons (Fsp3) is 0.467. The first-order chi connectivity index (χ1) is 8.26. The van der Waals surface area contributed by atoms with Gasteiger partial charge in [0.1, 0.15) is 5.75 Å². The lowest BCUT2D eigenvalue weighted by molar-refractivity contribution is 0.217. The van der Waals surface area contributed by atoms with Crippen molar-refractivity contribution in [2.45, 2.75) is 39.2 Å². The fourth-order valence-electron chi connectivity index (χ4n) is 1.47. The highest BCUT2D eigenvalue weighted by molar-refractivity contribution is 5.48. The average Bonchev–Trinajstić information content (AvgIpc) is 2.35. The average molecular weight is 233 g/mol. The van der Waals surface area contributed by atoms with Crippen LogP contribution in [0.15, 0.2) is 36.9 Å². The summed E-state index contributed by atoms with van der Waals surface area (Å²) in [5.41, 5.74) is 1.12. The standard InChI is InChI=1S/C15H23NO/c1-4-6-7-11-16-14-9-8-10-15(12-14)17-13(3)5-2/h4,8-10,12-13,16H,1,5-7,11H2,2-3H3. The second-order valence-electron chi connectivity index (χ2n) is 4.22. The summed E-state index contributed by atoms with van der Waals surface area (Å²) in [6.07, 6.45) is 5.41. The third-order valence-electron chi connectivity index (χ3n) is 2.66. The van der Waals surface area contributed by atoms with Crippen molar-refractivity contribution in [3.8, 4) is 5.75 Å². The Hall–Kier alpha value is -1.44. The van der Waals surface area contributed by atoms with Crippen molar-refractivity contribution < 1.29 is 4.74 Å². The Kier molecular flexibility index (Phi) is 6.23. The number of anilines is 1. The van der Waals surface area contributed by atoms with Gasteiger partial charge in [0.2, 0.25) is 0 Å². The van der Waals surface area contributed by atoms with E-state index in [0.29, 0.717) is 0 Å². The molecule has 0 radical (unpaired) electrons. The Labute approximate surface area is 105 Å². The quantitative estimate of drug-likeness (QED) is 0.535. The molecule has 0 aromatic heterocycles. The van der Waals surface area contributed by atoms with Crippen LogP contribution in [0.3, 0.4) is 0 Å². The number of rotatable bonds is 8. The van der Waals surface area contributed by atoms with E-state index in [1.54, 1.807) is 0 Å². The number of nitrogens with one attached hydrogen (secondary N) is 1. The molecule has 1 atom stereocenters. The molecule has 0 aliphatic rings. The van der Waals surface area contributed by atoms with Gasteiger partial charge in [-0.2, -0.15) is 0 Å². The number of allylic oxidation sites excluding steroid dienone is 1. The largest absolute Gasteiger partial charge is 0.491 e. The topological polar surface area (TPSA) is 21.3 Å². The second-order valence-corrected chi connectivity index (χ2v) is 4.22. The molecule has 0 heterocycles. The maximum Gasteiger partial charge on any atom is 0.121 e. The molecule has 1 aromatic rings. The Morgan fingerprint density at radius 1 is 1.47 bits per heavy atom. The van der Waals surface area contributed by atoms with Gasteiger partial charge in [-0.25, -0.2) is 0 Å². The number of unbranched alkanes of at least 4 members (excludes halogenated alkanes) is 1. The monoisotopic (exact) mass is 233 g/mol. The highest BCUT2D eigenvalue weighted by Gasteiger charge is 2.01. The van der Waals surface area contributed by atoms with Gasteiger partial charge in [0.05, 0.1) is 6.10 Å². The summed E-state index contributed by atoms with van der Waals surface area (Å²) >= 11 is 0. The molecule has 0 bridgehead atoms. The first-order valence-corrected chi connectivity index (χ1v) is 6.37. The minimum Gasteiger partial charge on any atom is -0.491 e. The zero-order chi connectivity index (χ0) is 12.5. The van der Waals surface area contributed by atoms with Gasteiger partial charge in [0.25, 0.3) is 0 Å². The predicted octanol–water partition coefficient (Wildman–Crippen LogP) is 4.24. The molecule has 1 rings (SSSR count). The van der Waals surface area contributed by atoms with Crippen molar-refractivity contribution in [1.29, 1.82) is 0 Å². The SMILES string of the molecule is C=CCCCNc1cccc(OC(C)CC)c1. The second kappa shape index (κ2) is 7.77. The summed E-state index contributed by atoms with van der Waals surface area (Å²) in [5.74, 6) is 0.938. The maximum absolute atomic E-state index is 5.78. The van der Waals surface area contributed by atoms with Crippen LogP contribution in [0.2, 0.25) is 0 Å². The maximum atomic E-state index is 5.78. The Balaban J connectivity index is 2.44. The van der Waals surface area contributed by atoms with Crippen LogP contribution in [0.5, 0.6) is 5.75 Å². The molecule has 2 nitrogen and oxygen atoms in total. The lowest BCUT2D eigenvalue weighted by Crippen LogP contribution is -2.10. The summed E-state index contributed by atoms with van der Waals surface area (Å²) < 4.78 is 5.78. The molecule has 0 saturated heterocycles. The molecule has 0 amide bonds. The number of hydrogen-bond donors (Lipinski definition) is 1. The first-order valence-electron chi connectivity index (χ1n) is 6.37. The van der Waals surface area contributed by atoms with Gasteiger partial charge < -0.3 is 10.1 Å². The number of hydrogen-bond acceptors (Lipinski definition) is 2. The summed E-state index contributed by atoms with van der Waals surface area (Å²) in [4.78, 5) is 0. The van der Waals surface area contributed by atoms with Crippen LogP contribution in [0.4, 0.5) is 5.69 Å². The van der Waals surface area contributed by atoms with E-state index in [-0.39, 0.29) is 6.10 Å². The molecule has 17 heavy (non-hydrogen) atoms. The highest BCUT2D eigenvalue weighted by Crippen LogP contribution is 2.19. The van der Waals surface area contributed by atoms with Crippen LogP contribution >= 0.6 is 0 Å². The lowest BCUT2D eigenvalue weighted by atomic mass is 10.2. The smallest absolute Gasteiger partial charge is 0.121 e. The zero-order valence-corrected chi connectivity index (χ0v) is 10.9. The van der Waals surface area contributed by atoms with E-state index >= 15 is 0 Å². The van der Waals surface area contributed by atoms with Crippen LogP contribution in [0.25, 0.3) is 0 Å². The van der Waals surface area contributed by atoms with Crippen LogP contribution in [0.1, 0.15) is 33.1 Å². The minimum absolute atomic E-state index is 0.269. The lowest BCUT2D eigenvalue weighted by Gasteiger charge is -2.14. The first kappa shape index (κ1) is 13.6. The Morgan fingerprint density at radius 2 is 2.29 bits per heavy atom. The van der Waals surface area contributed by atoms with Gasteiger partial charge in [-0.15, -0.1) is 6.58 Å². The van der Waals surface area contributed by atoms with Crippen molar-refractivity contribution >= 4 is 5.69 Å². The predicted molar refractivity (Wildman–Crippen MR) is 74.7 cm³/mol. The van der Waals surface area contributed by atoms with E-state index in [4.69, 9.17) is 4.74 Å². The van der Waals surface area contributed by atoms with Gasteiger partial charge in [0, 0.05) is 18.3 Å². The minimum atomic E-state index is 0.269.